The highest BCUT2D eigenvalue weighted by Crippen LogP contribution is 2.23. The lowest BCUT2D eigenvalue weighted by Crippen LogP contribution is -2.26. The minimum absolute atomic E-state index is 0.160. The summed E-state index contributed by atoms with van der Waals surface area (Å²) in [5.41, 5.74) is 1.47. The van der Waals surface area contributed by atoms with Crippen LogP contribution >= 0.6 is 0 Å². The Morgan fingerprint density at radius 2 is 1.36 bits per heavy atom. The van der Waals surface area contributed by atoms with Crippen molar-refractivity contribution >= 4 is 0 Å². The quantitative estimate of drug-likeness (QED) is 0.152. The van der Waals surface area contributed by atoms with Crippen LogP contribution in [0.25, 0.3) is 0 Å². The Hall–Kier alpha value is -1.65. The summed E-state index contributed by atoms with van der Waals surface area (Å²) in [6.45, 7) is 10.2. The van der Waals surface area contributed by atoms with Crippen LogP contribution in [-0.2, 0) is 22.6 Å². The maximum atomic E-state index is 6.21. The summed E-state index contributed by atoms with van der Waals surface area (Å²) in [4.78, 5) is 4.10. The van der Waals surface area contributed by atoms with Gasteiger partial charge in [-0.05, 0) is 30.2 Å². The molecule has 0 saturated heterocycles. The van der Waals surface area contributed by atoms with Crippen molar-refractivity contribution in [3.05, 3.63) is 54.6 Å². The number of benzene rings is 1. The number of imidazole rings is 1. The molecular weight excluding hydrogens is 444 g/mol. The van der Waals surface area contributed by atoms with Crippen LogP contribution in [0, 0.1) is 5.41 Å². The van der Waals surface area contributed by atoms with Crippen molar-refractivity contribution in [3.8, 4) is 0 Å². The topological polar surface area (TPSA) is 36.3 Å². The smallest absolute Gasteiger partial charge is 0.0945 e. The monoisotopic (exact) mass is 498 g/mol. The molecule has 1 atom stereocenters. The molecule has 204 valence electrons. The minimum Gasteiger partial charge on any atom is -0.379 e. The predicted octanol–water partition coefficient (Wildman–Crippen LogP) is 8.99. The van der Waals surface area contributed by atoms with Crippen LogP contribution in [-0.4, -0.2) is 28.9 Å². The number of aryl methyl sites for hydroxylation is 1. The van der Waals surface area contributed by atoms with Crippen LogP contribution in [0.1, 0.15) is 116 Å². The summed E-state index contributed by atoms with van der Waals surface area (Å²) in [6, 6.07) is 10.4. The largest absolute Gasteiger partial charge is 0.379 e. The van der Waals surface area contributed by atoms with Crippen molar-refractivity contribution < 1.29 is 9.47 Å². The van der Waals surface area contributed by atoms with Gasteiger partial charge in [0.15, 0.2) is 0 Å². The fourth-order valence-corrected chi connectivity index (χ4v) is 4.71. The van der Waals surface area contributed by atoms with E-state index >= 15 is 0 Å². The zero-order valence-corrected chi connectivity index (χ0v) is 23.6. The van der Waals surface area contributed by atoms with Crippen molar-refractivity contribution in [1.29, 1.82) is 0 Å². The summed E-state index contributed by atoms with van der Waals surface area (Å²) in [6.07, 6.45) is 24.6. The van der Waals surface area contributed by atoms with E-state index in [1.54, 1.807) is 0 Å². The van der Waals surface area contributed by atoms with Crippen molar-refractivity contribution in [2.45, 2.75) is 130 Å². The first-order valence-corrected chi connectivity index (χ1v) is 14.7. The number of hydrogen-bond acceptors (Lipinski definition) is 3. The molecule has 0 spiro atoms. The molecule has 36 heavy (non-hydrogen) atoms. The van der Waals surface area contributed by atoms with Crippen molar-refractivity contribution in [2.75, 3.05) is 13.2 Å². The molecule has 2 aromatic rings. The fourth-order valence-electron chi connectivity index (χ4n) is 4.71. The molecule has 0 saturated carbocycles. The Kier molecular flexibility index (Phi) is 16.5. The van der Waals surface area contributed by atoms with Gasteiger partial charge in [-0.3, -0.25) is 0 Å². The maximum Gasteiger partial charge on any atom is 0.0945 e. The van der Waals surface area contributed by atoms with E-state index in [0.717, 1.165) is 19.6 Å². The van der Waals surface area contributed by atoms with Gasteiger partial charge in [-0.1, -0.05) is 122 Å². The van der Waals surface area contributed by atoms with Crippen molar-refractivity contribution in [2.24, 2.45) is 5.41 Å². The number of ether oxygens (including phenoxy) is 2. The Morgan fingerprint density at radius 3 is 1.92 bits per heavy atom. The lowest BCUT2D eigenvalue weighted by atomic mass is 9.89. The van der Waals surface area contributed by atoms with Gasteiger partial charge in [0.1, 0.15) is 0 Å². The summed E-state index contributed by atoms with van der Waals surface area (Å²) >= 11 is 0. The van der Waals surface area contributed by atoms with Gasteiger partial charge >= 0.3 is 0 Å². The molecule has 0 radical (unpaired) electrons. The highest BCUT2D eigenvalue weighted by atomic mass is 16.5. The van der Waals surface area contributed by atoms with Gasteiger partial charge in [0.25, 0.3) is 0 Å². The van der Waals surface area contributed by atoms with Crippen LogP contribution in [0.3, 0.4) is 0 Å². The molecule has 1 unspecified atom stereocenters. The van der Waals surface area contributed by atoms with Crippen LogP contribution in [0.2, 0.25) is 0 Å². The van der Waals surface area contributed by atoms with Crippen LogP contribution < -0.4 is 0 Å². The lowest BCUT2D eigenvalue weighted by molar-refractivity contribution is -0.0430. The molecule has 1 aromatic carbocycles. The molecule has 0 aliphatic carbocycles. The van der Waals surface area contributed by atoms with Crippen molar-refractivity contribution in [1.82, 2.24) is 9.55 Å². The van der Waals surface area contributed by atoms with E-state index in [9.17, 15) is 0 Å². The molecule has 1 heterocycles. The highest BCUT2D eigenvalue weighted by Gasteiger charge is 2.19. The van der Waals surface area contributed by atoms with E-state index in [0.29, 0.717) is 13.2 Å². The molecule has 0 bridgehead atoms. The molecule has 2 rings (SSSR count). The third kappa shape index (κ3) is 16.9. The number of unbranched alkanes of at least 4 members (excludes halogenated alkanes) is 12. The second kappa shape index (κ2) is 19.5. The lowest BCUT2D eigenvalue weighted by Gasteiger charge is -2.26. The van der Waals surface area contributed by atoms with E-state index in [1.807, 2.05) is 18.6 Å². The number of rotatable bonds is 22. The first kappa shape index (κ1) is 30.6. The molecule has 0 fully saturated rings. The predicted molar refractivity (Wildman–Crippen MR) is 152 cm³/mol. The molecule has 0 aliphatic heterocycles. The highest BCUT2D eigenvalue weighted by molar-refractivity contribution is 5.13. The van der Waals surface area contributed by atoms with Gasteiger partial charge in [0.05, 0.1) is 25.6 Å². The van der Waals surface area contributed by atoms with E-state index in [2.05, 4.69) is 60.8 Å². The SMILES string of the molecule is CC(C)(C)CC(COCCCCCCCCCCCCCCCn1ccnc1)OCc1ccccc1. The fraction of sp³-hybridized carbons (Fsp3) is 0.719. The van der Waals surface area contributed by atoms with Crippen molar-refractivity contribution in [3.63, 3.8) is 0 Å². The second-order valence-corrected chi connectivity index (χ2v) is 11.7. The molecule has 0 amide bonds. The molecular formula is C32H54N2O2. The van der Waals surface area contributed by atoms with Gasteiger partial charge in [0.2, 0.25) is 0 Å². The summed E-state index contributed by atoms with van der Waals surface area (Å²) in [7, 11) is 0. The molecule has 1 aromatic heterocycles. The molecule has 0 N–H and O–H groups in total. The van der Waals surface area contributed by atoms with E-state index in [-0.39, 0.29) is 11.5 Å². The average molecular weight is 499 g/mol. The first-order valence-electron chi connectivity index (χ1n) is 14.7. The zero-order chi connectivity index (χ0) is 25.7. The van der Waals surface area contributed by atoms with Gasteiger partial charge in [-0.2, -0.15) is 0 Å². The van der Waals surface area contributed by atoms with Crippen LogP contribution in [0.15, 0.2) is 49.1 Å². The third-order valence-corrected chi connectivity index (χ3v) is 6.74. The molecule has 0 aliphatic rings. The number of aromatic nitrogens is 2. The van der Waals surface area contributed by atoms with Gasteiger partial charge in [-0.25, -0.2) is 4.98 Å². The Balaban J connectivity index is 1.35. The average Bonchev–Trinajstić information content (AvgIpc) is 3.37. The van der Waals surface area contributed by atoms with E-state index in [1.165, 1.54) is 89.0 Å². The number of hydrogen-bond donors (Lipinski definition) is 0. The third-order valence-electron chi connectivity index (χ3n) is 6.74. The molecule has 4 heteroatoms. The maximum absolute atomic E-state index is 6.21. The Labute approximate surface area is 222 Å². The standard InChI is InChI=1S/C32H54N2O2/c1-32(2,3)26-31(36-27-30-20-16-15-17-21-30)28-35-25-19-14-12-10-8-6-4-5-7-9-11-13-18-23-34-24-22-33-29-34/h15-17,20-22,24,29,31H,4-14,18-19,23,25-28H2,1-3H3. The Bertz CT molecular complexity index is 724. The summed E-state index contributed by atoms with van der Waals surface area (Å²) in [5, 5.41) is 0. The first-order chi connectivity index (χ1) is 17.5. The van der Waals surface area contributed by atoms with Crippen LogP contribution in [0.4, 0.5) is 0 Å². The second-order valence-electron chi connectivity index (χ2n) is 11.7. The van der Waals surface area contributed by atoms with Gasteiger partial charge in [0, 0.05) is 25.5 Å². The number of nitrogens with zero attached hydrogens (tertiary/aromatic N) is 2. The van der Waals surface area contributed by atoms with E-state index in [4.69, 9.17) is 9.47 Å². The van der Waals surface area contributed by atoms with Gasteiger partial charge in [-0.15, -0.1) is 0 Å². The summed E-state index contributed by atoms with van der Waals surface area (Å²) < 4.78 is 14.4. The molecule has 4 nitrogen and oxygen atoms in total. The summed E-state index contributed by atoms with van der Waals surface area (Å²) in [5.74, 6) is 0. The van der Waals surface area contributed by atoms with Crippen LogP contribution in [0.5, 0.6) is 0 Å². The Morgan fingerprint density at radius 1 is 0.778 bits per heavy atom. The zero-order valence-electron chi connectivity index (χ0n) is 23.6. The normalized spacial score (nSPS) is 12.8. The van der Waals surface area contributed by atoms with E-state index < -0.39 is 0 Å². The minimum atomic E-state index is 0.160. The van der Waals surface area contributed by atoms with Gasteiger partial charge < -0.3 is 14.0 Å².